The van der Waals surface area contributed by atoms with Crippen LogP contribution in [0.1, 0.15) is 20.7 Å². The first-order valence-corrected chi connectivity index (χ1v) is 8.52. The third-order valence-corrected chi connectivity index (χ3v) is 3.31. The van der Waals surface area contributed by atoms with Gasteiger partial charge in [0.1, 0.15) is 11.1 Å². The zero-order chi connectivity index (χ0) is 32.1. The minimum atomic E-state index is -5.60. The molecule has 0 radical (unpaired) electrons. The Morgan fingerprint density at radius 1 is 0.512 bits per heavy atom. The summed E-state index contributed by atoms with van der Waals surface area (Å²) in [5, 5.41) is 42.3. The standard InChI is InChI=1S/2C8HF7O3.BO3.3Li/c2*9-2-1(7(17)18-8(13,14)15)3(10)5(12)6(16)4(2)11;2-1(3)4;;;/h2*16H;;;;/q;;-3;3*+1. The Labute approximate surface area is 263 Å². The van der Waals surface area contributed by atoms with Crippen LogP contribution in [0, 0.1) is 46.5 Å². The van der Waals surface area contributed by atoms with Gasteiger partial charge in [-0.3, -0.25) is 7.32 Å². The number of esters is 2. The van der Waals surface area contributed by atoms with Crippen molar-refractivity contribution < 1.29 is 162 Å². The molecule has 2 N–H and O–H groups in total. The molecule has 0 saturated carbocycles. The van der Waals surface area contributed by atoms with Gasteiger partial charge in [0.15, 0.2) is 34.8 Å². The maximum absolute atomic E-state index is 12.9. The van der Waals surface area contributed by atoms with Crippen molar-refractivity contribution in [1.82, 2.24) is 0 Å². The second-order valence-electron chi connectivity index (χ2n) is 5.92. The van der Waals surface area contributed by atoms with Crippen LogP contribution in [0.25, 0.3) is 0 Å². The molecular formula is C16H2BF14Li3O9. The zero-order valence-corrected chi connectivity index (χ0v) is 20.6. The Kier molecular flexibility index (Phi) is 20.5. The van der Waals surface area contributed by atoms with Crippen LogP contribution in [-0.2, 0) is 9.47 Å². The molecule has 0 bridgehead atoms. The molecule has 0 atom stereocenters. The number of halogens is 14. The van der Waals surface area contributed by atoms with Crippen molar-refractivity contribution in [2.45, 2.75) is 12.7 Å². The summed E-state index contributed by atoms with van der Waals surface area (Å²) in [5.74, 6) is -29.2. The molecule has 2 rings (SSSR count). The van der Waals surface area contributed by atoms with Crippen LogP contribution in [0.5, 0.6) is 11.5 Å². The molecule has 0 aromatic heterocycles. The third kappa shape index (κ3) is 13.9. The van der Waals surface area contributed by atoms with E-state index in [2.05, 4.69) is 9.47 Å². The first-order valence-electron chi connectivity index (χ1n) is 8.52. The first-order chi connectivity index (χ1) is 17.9. The van der Waals surface area contributed by atoms with Crippen LogP contribution in [0.4, 0.5) is 61.5 Å². The topological polar surface area (TPSA) is 162 Å². The monoisotopic (exact) mass is 636 g/mol. The van der Waals surface area contributed by atoms with Gasteiger partial charge in [-0.25, -0.2) is 27.2 Å². The Balaban J connectivity index is -0.000000296. The molecule has 0 saturated heterocycles. The summed E-state index contributed by atoms with van der Waals surface area (Å²) in [5.41, 5.74) is -4.47. The number of hydrogen-bond acceptors (Lipinski definition) is 9. The van der Waals surface area contributed by atoms with Gasteiger partial charge in [-0.2, -0.15) is 17.6 Å². The minimum absolute atomic E-state index is 0. The smallest absolute Gasteiger partial charge is 0.907 e. The summed E-state index contributed by atoms with van der Waals surface area (Å²) in [4.78, 5) is 21.4. The number of carbonyl (C=O) groups is 2. The Hall–Kier alpha value is -2.26. The number of rotatable bonds is 2. The molecular weight excluding hydrogens is 634 g/mol. The van der Waals surface area contributed by atoms with Crippen LogP contribution >= 0.6 is 0 Å². The predicted octanol–water partition coefficient (Wildman–Crippen LogP) is -7.69. The van der Waals surface area contributed by atoms with E-state index in [1.807, 2.05) is 0 Å². The molecule has 0 aliphatic rings. The Morgan fingerprint density at radius 2 is 0.674 bits per heavy atom. The fourth-order valence-corrected chi connectivity index (χ4v) is 1.91. The molecule has 43 heavy (non-hydrogen) atoms. The maximum atomic E-state index is 12.9. The maximum Gasteiger partial charge on any atom is 1.00 e. The molecule has 0 unspecified atom stereocenters. The average molecular weight is 636 g/mol. The normalized spacial score (nSPS) is 10.3. The molecule has 0 aliphatic heterocycles. The number of carbonyl (C=O) groups excluding carboxylic acids is 2. The molecule has 0 fully saturated rings. The van der Waals surface area contributed by atoms with E-state index in [0.29, 0.717) is 0 Å². The molecule has 2 aromatic rings. The average Bonchev–Trinajstić information content (AvgIpc) is 2.77. The van der Waals surface area contributed by atoms with Crippen LogP contribution in [0.2, 0.25) is 0 Å². The van der Waals surface area contributed by atoms with Crippen molar-refractivity contribution >= 4 is 19.3 Å². The van der Waals surface area contributed by atoms with Gasteiger partial charge in [-0.05, 0) is 0 Å². The summed E-state index contributed by atoms with van der Waals surface area (Å²) in [7, 11) is -2.92. The van der Waals surface area contributed by atoms with E-state index in [9.17, 15) is 71.1 Å². The van der Waals surface area contributed by atoms with Gasteiger partial charge in [0, 0.05) is 0 Å². The molecule has 0 heterocycles. The van der Waals surface area contributed by atoms with E-state index in [-0.39, 0.29) is 56.6 Å². The van der Waals surface area contributed by atoms with Crippen LogP contribution in [0.15, 0.2) is 0 Å². The number of phenols is 2. The van der Waals surface area contributed by atoms with Crippen molar-refractivity contribution in [2.24, 2.45) is 0 Å². The number of aromatic hydroxyl groups is 2. The van der Waals surface area contributed by atoms with Gasteiger partial charge in [0.2, 0.25) is 23.3 Å². The van der Waals surface area contributed by atoms with Crippen molar-refractivity contribution in [3.05, 3.63) is 57.7 Å². The fourth-order valence-electron chi connectivity index (χ4n) is 1.91. The third-order valence-electron chi connectivity index (χ3n) is 3.31. The van der Waals surface area contributed by atoms with Crippen LogP contribution in [0.3, 0.4) is 0 Å². The fraction of sp³-hybridized carbons (Fsp3) is 0.125. The van der Waals surface area contributed by atoms with E-state index in [0.717, 1.165) is 0 Å². The molecule has 0 spiro atoms. The van der Waals surface area contributed by atoms with Crippen molar-refractivity contribution in [3.8, 4) is 11.5 Å². The Morgan fingerprint density at radius 3 is 0.814 bits per heavy atom. The molecule has 224 valence electrons. The van der Waals surface area contributed by atoms with Crippen LogP contribution < -0.4 is 71.7 Å². The first kappa shape index (κ1) is 47.7. The number of phenolic OH excluding ortho intramolecular Hbond substituents is 2. The Bertz CT molecular complexity index is 1130. The van der Waals surface area contributed by atoms with Gasteiger partial charge in [0.25, 0.3) is 0 Å². The van der Waals surface area contributed by atoms with Gasteiger partial charge >= 0.3 is 81.2 Å². The summed E-state index contributed by atoms with van der Waals surface area (Å²) in [6.45, 7) is 0. The predicted molar refractivity (Wildman–Crippen MR) is 84.6 cm³/mol. The molecule has 0 aliphatic carbocycles. The van der Waals surface area contributed by atoms with E-state index in [1.165, 1.54) is 0 Å². The SMILES string of the molecule is O=C(OC(F)(F)F)c1c(F)c(F)c(O)c(F)c1F.O=C(OC(F)(F)F)c1c(F)c(F)c(O)c(F)c1F.[Li+].[Li+].[Li+].[O-]B([O-])[O-]. The van der Waals surface area contributed by atoms with E-state index in [1.54, 1.807) is 0 Å². The number of benzene rings is 2. The van der Waals surface area contributed by atoms with Crippen molar-refractivity contribution in [3.63, 3.8) is 0 Å². The van der Waals surface area contributed by atoms with Gasteiger partial charge in [-0.1, -0.05) is 0 Å². The number of ether oxygens (including phenoxy) is 2. The van der Waals surface area contributed by atoms with Crippen molar-refractivity contribution in [1.29, 1.82) is 0 Å². The molecule has 2 aromatic carbocycles. The van der Waals surface area contributed by atoms with E-state index in [4.69, 9.17) is 25.3 Å². The number of hydrogen-bond donors (Lipinski definition) is 2. The van der Waals surface area contributed by atoms with Gasteiger partial charge < -0.3 is 34.8 Å². The largest absolute Gasteiger partial charge is 1.00 e. The van der Waals surface area contributed by atoms with Crippen LogP contribution in [-0.4, -0.2) is 42.2 Å². The second-order valence-corrected chi connectivity index (χ2v) is 5.92. The molecule has 27 heteroatoms. The number of alkyl halides is 6. The summed E-state index contributed by atoms with van der Waals surface area (Å²) >= 11 is 0. The second kappa shape index (κ2) is 18.5. The van der Waals surface area contributed by atoms with Gasteiger partial charge in [-0.15, -0.1) is 26.3 Å². The quantitative estimate of drug-likeness (QED) is 0.141. The summed E-state index contributed by atoms with van der Waals surface area (Å²) in [6, 6.07) is 0. The van der Waals surface area contributed by atoms with Gasteiger partial charge in [0.05, 0.1) is 0 Å². The summed E-state index contributed by atoms with van der Waals surface area (Å²) in [6.07, 6.45) is -11.2. The zero-order valence-electron chi connectivity index (χ0n) is 20.6. The van der Waals surface area contributed by atoms with Crippen molar-refractivity contribution in [2.75, 3.05) is 0 Å². The molecule has 0 amide bonds. The minimum Gasteiger partial charge on any atom is -0.907 e. The van der Waals surface area contributed by atoms with E-state index >= 15 is 0 Å². The molecule has 9 nitrogen and oxygen atoms in total. The van der Waals surface area contributed by atoms with E-state index < -0.39 is 101 Å². The summed E-state index contributed by atoms with van der Waals surface area (Å²) < 4.78 is 177.